The Morgan fingerprint density at radius 1 is 1.25 bits per heavy atom. The van der Waals surface area contributed by atoms with E-state index in [4.69, 9.17) is 5.11 Å². The van der Waals surface area contributed by atoms with Gasteiger partial charge >= 0.3 is 12.0 Å². The smallest absolute Gasteiger partial charge is 0.337 e. The maximum absolute atomic E-state index is 12.0. The van der Waals surface area contributed by atoms with E-state index >= 15 is 0 Å². The molecule has 2 amide bonds. The molecule has 6 heteroatoms. The van der Waals surface area contributed by atoms with Crippen molar-refractivity contribution in [2.45, 2.75) is 13.0 Å². The molecule has 0 aliphatic carbocycles. The van der Waals surface area contributed by atoms with Crippen molar-refractivity contribution in [1.29, 1.82) is 0 Å². The van der Waals surface area contributed by atoms with Crippen LogP contribution in [0.4, 0.5) is 10.5 Å². The second kappa shape index (κ2) is 6.91. The molecule has 0 aromatic heterocycles. The third kappa shape index (κ3) is 3.96. The molecule has 0 radical (unpaired) electrons. The van der Waals surface area contributed by atoms with Crippen molar-refractivity contribution >= 4 is 17.7 Å². The molecule has 1 unspecified atom stereocenters. The van der Waals surface area contributed by atoms with Gasteiger partial charge in [-0.1, -0.05) is 12.1 Å². The largest absolute Gasteiger partial charge is 0.478 e. The first-order valence-electron chi connectivity index (χ1n) is 6.35. The molecule has 0 heterocycles. The highest BCUT2D eigenvalue weighted by atomic mass is 16.4. The molecule has 6 nitrogen and oxygen atoms in total. The van der Waals surface area contributed by atoms with Crippen LogP contribution in [-0.4, -0.2) is 55.7 Å². The lowest BCUT2D eigenvalue weighted by Gasteiger charge is -2.23. The molecule has 20 heavy (non-hydrogen) atoms. The van der Waals surface area contributed by atoms with Crippen LogP contribution in [0.3, 0.4) is 0 Å². The number of amides is 2. The Morgan fingerprint density at radius 3 is 2.40 bits per heavy atom. The van der Waals surface area contributed by atoms with Crippen LogP contribution in [0.25, 0.3) is 0 Å². The molecule has 0 fully saturated rings. The van der Waals surface area contributed by atoms with Crippen molar-refractivity contribution < 1.29 is 14.7 Å². The minimum Gasteiger partial charge on any atom is -0.478 e. The molecular formula is C14H21N3O3. The lowest BCUT2D eigenvalue weighted by Crippen LogP contribution is -2.44. The molecule has 0 saturated heterocycles. The van der Waals surface area contributed by atoms with Crippen molar-refractivity contribution in [3.8, 4) is 0 Å². The predicted molar refractivity (Wildman–Crippen MR) is 78.4 cm³/mol. The van der Waals surface area contributed by atoms with E-state index in [-0.39, 0.29) is 17.6 Å². The number of nitrogens with one attached hydrogen (secondary N) is 1. The summed E-state index contributed by atoms with van der Waals surface area (Å²) in [6, 6.07) is 6.29. The number of urea groups is 1. The van der Waals surface area contributed by atoms with Crippen LogP contribution in [0.1, 0.15) is 17.3 Å². The van der Waals surface area contributed by atoms with Gasteiger partial charge in [0.05, 0.1) is 11.3 Å². The molecule has 1 rings (SSSR count). The first kappa shape index (κ1) is 16.0. The Hall–Kier alpha value is -2.08. The Bertz CT molecular complexity index is 488. The fraction of sp³-hybridized carbons (Fsp3) is 0.429. The normalized spacial score (nSPS) is 12.1. The number of aromatic carboxylic acids is 1. The summed E-state index contributed by atoms with van der Waals surface area (Å²) in [6.07, 6.45) is 0. The van der Waals surface area contributed by atoms with Crippen molar-refractivity contribution in [3.05, 3.63) is 29.8 Å². The van der Waals surface area contributed by atoms with Gasteiger partial charge < -0.3 is 15.3 Å². The van der Waals surface area contributed by atoms with Gasteiger partial charge in [-0.2, -0.15) is 0 Å². The number of nitrogens with zero attached hydrogens (tertiary/aromatic N) is 2. The van der Waals surface area contributed by atoms with Gasteiger partial charge in [-0.15, -0.1) is 0 Å². The van der Waals surface area contributed by atoms with Gasteiger partial charge in [-0.25, -0.2) is 9.59 Å². The summed E-state index contributed by atoms with van der Waals surface area (Å²) in [7, 11) is 5.41. The van der Waals surface area contributed by atoms with Crippen molar-refractivity contribution in [3.63, 3.8) is 0 Å². The number of para-hydroxylation sites is 1. The second-order valence-corrected chi connectivity index (χ2v) is 4.88. The molecule has 1 aromatic rings. The first-order chi connectivity index (χ1) is 9.34. The number of anilines is 1. The van der Waals surface area contributed by atoms with Crippen LogP contribution in [0, 0.1) is 0 Å². The van der Waals surface area contributed by atoms with Crippen molar-refractivity contribution in [2.24, 2.45) is 0 Å². The van der Waals surface area contributed by atoms with Crippen molar-refractivity contribution in [2.75, 3.05) is 32.6 Å². The molecule has 0 bridgehead atoms. The maximum atomic E-state index is 12.0. The number of likely N-dealkylation sites (N-methyl/N-ethyl adjacent to an activating group) is 1. The highest BCUT2D eigenvalue weighted by Crippen LogP contribution is 2.19. The van der Waals surface area contributed by atoms with Gasteiger partial charge in [-0.3, -0.25) is 4.90 Å². The summed E-state index contributed by atoms with van der Waals surface area (Å²) in [4.78, 5) is 26.5. The van der Waals surface area contributed by atoms with Gasteiger partial charge in [0.25, 0.3) is 0 Å². The van der Waals surface area contributed by atoms with Gasteiger partial charge in [0.15, 0.2) is 0 Å². The van der Waals surface area contributed by atoms with E-state index in [1.165, 1.54) is 11.0 Å². The summed E-state index contributed by atoms with van der Waals surface area (Å²) in [5.41, 5.74) is 0.473. The van der Waals surface area contributed by atoms with E-state index in [1.807, 2.05) is 25.9 Å². The number of carboxylic acid groups (broad SMARTS) is 1. The molecular weight excluding hydrogens is 258 g/mol. The third-order valence-corrected chi connectivity index (χ3v) is 3.23. The highest BCUT2D eigenvalue weighted by molar-refractivity contribution is 6.01. The topological polar surface area (TPSA) is 72.9 Å². The zero-order valence-corrected chi connectivity index (χ0v) is 12.3. The van der Waals surface area contributed by atoms with Gasteiger partial charge in [0.2, 0.25) is 0 Å². The van der Waals surface area contributed by atoms with E-state index in [0.29, 0.717) is 12.2 Å². The molecule has 0 aliphatic rings. The van der Waals surface area contributed by atoms with Crippen LogP contribution in [0.15, 0.2) is 24.3 Å². The summed E-state index contributed by atoms with van der Waals surface area (Å²) in [5.74, 6) is -1.05. The Morgan fingerprint density at radius 2 is 1.85 bits per heavy atom. The zero-order valence-electron chi connectivity index (χ0n) is 12.3. The van der Waals surface area contributed by atoms with Gasteiger partial charge in [0, 0.05) is 19.6 Å². The SMILES string of the molecule is CC(CNC(=O)N(C)c1ccccc1C(=O)O)N(C)C. The standard InChI is InChI=1S/C14H21N3O3/c1-10(16(2)3)9-15-14(20)17(4)12-8-6-5-7-11(12)13(18)19/h5-8,10H,9H2,1-4H3,(H,15,20)(H,18,19). The van der Waals surface area contributed by atoms with E-state index < -0.39 is 5.97 Å². The maximum Gasteiger partial charge on any atom is 0.337 e. The lowest BCUT2D eigenvalue weighted by molar-refractivity contribution is 0.0697. The fourth-order valence-electron chi connectivity index (χ4n) is 1.59. The van der Waals surface area contributed by atoms with E-state index in [9.17, 15) is 9.59 Å². The minimum atomic E-state index is -1.05. The van der Waals surface area contributed by atoms with Crippen LogP contribution < -0.4 is 10.2 Å². The highest BCUT2D eigenvalue weighted by Gasteiger charge is 2.18. The first-order valence-corrected chi connectivity index (χ1v) is 6.35. The minimum absolute atomic E-state index is 0.103. The Kier molecular flexibility index (Phi) is 5.52. The molecule has 2 N–H and O–H groups in total. The molecule has 1 atom stereocenters. The number of carbonyl (C=O) groups excluding carboxylic acids is 1. The number of benzene rings is 1. The monoisotopic (exact) mass is 279 g/mol. The number of carboxylic acids is 1. The number of rotatable bonds is 5. The number of hydrogen-bond donors (Lipinski definition) is 2. The summed E-state index contributed by atoms with van der Waals surface area (Å²) >= 11 is 0. The van der Waals surface area contributed by atoms with Crippen LogP contribution in [0.2, 0.25) is 0 Å². The predicted octanol–water partition coefficient (Wildman–Crippen LogP) is 1.48. The molecule has 0 spiro atoms. The van der Waals surface area contributed by atoms with Gasteiger partial charge in [0.1, 0.15) is 0 Å². The Labute approximate surface area is 119 Å². The zero-order chi connectivity index (χ0) is 15.3. The van der Waals surface area contributed by atoms with E-state index in [1.54, 1.807) is 25.2 Å². The lowest BCUT2D eigenvalue weighted by atomic mass is 10.1. The fourth-order valence-corrected chi connectivity index (χ4v) is 1.59. The molecule has 0 saturated carbocycles. The van der Waals surface area contributed by atoms with Crippen LogP contribution >= 0.6 is 0 Å². The van der Waals surface area contributed by atoms with Crippen LogP contribution in [-0.2, 0) is 0 Å². The quantitative estimate of drug-likeness (QED) is 0.856. The average molecular weight is 279 g/mol. The summed E-state index contributed by atoms with van der Waals surface area (Å²) < 4.78 is 0. The van der Waals surface area contributed by atoms with Gasteiger partial charge in [-0.05, 0) is 33.2 Å². The van der Waals surface area contributed by atoms with Crippen LogP contribution in [0.5, 0.6) is 0 Å². The van der Waals surface area contributed by atoms with E-state index in [0.717, 1.165) is 0 Å². The molecule has 0 aliphatic heterocycles. The average Bonchev–Trinajstić information content (AvgIpc) is 2.43. The summed E-state index contributed by atoms with van der Waals surface area (Å²) in [6.45, 7) is 2.48. The van der Waals surface area contributed by atoms with E-state index in [2.05, 4.69) is 5.32 Å². The third-order valence-electron chi connectivity index (χ3n) is 3.23. The molecule has 1 aromatic carbocycles. The second-order valence-electron chi connectivity index (χ2n) is 4.88. The molecule has 110 valence electrons. The van der Waals surface area contributed by atoms with Crippen molar-refractivity contribution in [1.82, 2.24) is 10.2 Å². The number of carbonyl (C=O) groups is 2. The summed E-state index contributed by atoms with van der Waals surface area (Å²) in [5, 5.41) is 11.9. The number of hydrogen-bond acceptors (Lipinski definition) is 3. The Balaban J connectivity index is 2.77.